The number of halogens is 2. The molecule has 0 fully saturated rings. The Labute approximate surface area is 141 Å². The van der Waals surface area contributed by atoms with Crippen molar-refractivity contribution in [3.8, 4) is 6.07 Å². The quantitative estimate of drug-likeness (QED) is 0.748. The van der Waals surface area contributed by atoms with E-state index in [-0.39, 0.29) is 5.75 Å². The SMILES string of the molecule is N#Cc1ccccc1CS(=O)(=O)Nc1ccc(Cl)cc1I. The maximum atomic E-state index is 12.2. The van der Waals surface area contributed by atoms with Gasteiger partial charge >= 0.3 is 0 Å². The highest BCUT2D eigenvalue weighted by Crippen LogP contribution is 2.24. The second kappa shape index (κ2) is 6.64. The van der Waals surface area contributed by atoms with E-state index in [0.717, 1.165) is 0 Å². The number of hydrogen-bond acceptors (Lipinski definition) is 3. The van der Waals surface area contributed by atoms with E-state index < -0.39 is 10.0 Å². The summed E-state index contributed by atoms with van der Waals surface area (Å²) in [5.74, 6) is -0.255. The Kier molecular flexibility index (Phi) is 5.08. The van der Waals surface area contributed by atoms with Crippen LogP contribution in [0, 0.1) is 14.9 Å². The highest BCUT2D eigenvalue weighted by Gasteiger charge is 2.15. The van der Waals surface area contributed by atoms with Crippen LogP contribution in [0.3, 0.4) is 0 Å². The lowest BCUT2D eigenvalue weighted by Crippen LogP contribution is -2.16. The van der Waals surface area contributed by atoms with Crippen LogP contribution in [0.1, 0.15) is 11.1 Å². The number of nitrogens with one attached hydrogen (secondary N) is 1. The van der Waals surface area contributed by atoms with E-state index in [0.29, 0.717) is 25.4 Å². The van der Waals surface area contributed by atoms with Crippen molar-refractivity contribution < 1.29 is 8.42 Å². The van der Waals surface area contributed by atoms with Gasteiger partial charge in [-0.3, -0.25) is 4.72 Å². The fourth-order valence-electron chi connectivity index (χ4n) is 1.74. The molecule has 0 bridgehead atoms. The van der Waals surface area contributed by atoms with Crippen molar-refractivity contribution in [2.45, 2.75) is 5.75 Å². The molecule has 1 N–H and O–H groups in total. The molecule has 2 rings (SSSR count). The largest absolute Gasteiger partial charge is 0.282 e. The molecule has 0 atom stereocenters. The van der Waals surface area contributed by atoms with E-state index in [4.69, 9.17) is 16.9 Å². The van der Waals surface area contributed by atoms with Crippen LogP contribution in [0.5, 0.6) is 0 Å². The van der Waals surface area contributed by atoms with Gasteiger partial charge in [-0.1, -0.05) is 29.8 Å². The Morgan fingerprint density at radius 1 is 1.24 bits per heavy atom. The van der Waals surface area contributed by atoms with Gasteiger partial charge in [0.1, 0.15) is 0 Å². The molecule has 0 saturated heterocycles. The number of nitrogens with zero attached hydrogens (tertiary/aromatic N) is 1. The third-order valence-electron chi connectivity index (χ3n) is 2.68. The van der Waals surface area contributed by atoms with Gasteiger partial charge in [0, 0.05) is 8.59 Å². The Morgan fingerprint density at radius 3 is 2.62 bits per heavy atom. The molecule has 0 heterocycles. The van der Waals surface area contributed by atoms with Crippen molar-refractivity contribution in [3.05, 3.63) is 62.2 Å². The number of nitriles is 1. The van der Waals surface area contributed by atoms with Crippen LogP contribution in [-0.2, 0) is 15.8 Å². The lowest BCUT2D eigenvalue weighted by atomic mass is 10.1. The molecule has 108 valence electrons. The summed E-state index contributed by atoms with van der Waals surface area (Å²) in [6.45, 7) is 0. The molecule has 21 heavy (non-hydrogen) atoms. The van der Waals surface area contributed by atoms with E-state index in [9.17, 15) is 8.42 Å². The second-order valence-corrected chi connectivity index (χ2v) is 7.58. The topological polar surface area (TPSA) is 70.0 Å². The van der Waals surface area contributed by atoms with Gasteiger partial charge in [-0.25, -0.2) is 8.42 Å². The zero-order valence-corrected chi connectivity index (χ0v) is 14.4. The first kappa shape index (κ1) is 16.1. The number of benzene rings is 2. The van der Waals surface area contributed by atoms with Gasteiger partial charge in [0.25, 0.3) is 0 Å². The summed E-state index contributed by atoms with van der Waals surface area (Å²) in [4.78, 5) is 0. The molecule has 7 heteroatoms. The van der Waals surface area contributed by atoms with Crippen LogP contribution in [-0.4, -0.2) is 8.42 Å². The molecular weight excluding hydrogens is 423 g/mol. The van der Waals surface area contributed by atoms with Crippen LogP contribution in [0.2, 0.25) is 5.02 Å². The first-order valence-corrected chi connectivity index (χ1v) is 8.96. The first-order chi connectivity index (χ1) is 9.91. The van der Waals surface area contributed by atoms with Crippen LogP contribution in [0.4, 0.5) is 5.69 Å². The summed E-state index contributed by atoms with van der Waals surface area (Å²) >= 11 is 7.85. The Bertz CT molecular complexity index is 816. The molecule has 0 aliphatic rings. The van der Waals surface area contributed by atoms with Gasteiger partial charge in [0.05, 0.1) is 23.1 Å². The zero-order chi connectivity index (χ0) is 15.5. The average molecular weight is 433 g/mol. The van der Waals surface area contributed by atoms with Crippen molar-refractivity contribution >= 4 is 49.9 Å². The Morgan fingerprint density at radius 2 is 1.95 bits per heavy atom. The molecule has 4 nitrogen and oxygen atoms in total. The van der Waals surface area contributed by atoms with Crippen molar-refractivity contribution in [3.63, 3.8) is 0 Å². The number of anilines is 1. The van der Waals surface area contributed by atoms with E-state index in [1.54, 1.807) is 42.5 Å². The third-order valence-corrected chi connectivity index (χ3v) is 5.03. The molecule has 0 radical (unpaired) electrons. The number of sulfonamides is 1. The normalized spacial score (nSPS) is 10.9. The average Bonchev–Trinajstić information content (AvgIpc) is 2.42. The summed E-state index contributed by atoms with van der Waals surface area (Å²) in [5.41, 5.74) is 1.29. The van der Waals surface area contributed by atoms with Gasteiger partial charge in [0.2, 0.25) is 10.0 Å². The molecule has 0 aromatic heterocycles. The Hall–Kier alpha value is -1.30. The van der Waals surface area contributed by atoms with Crippen LogP contribution in [0.15, 0.2) is 42.5 Å². The number of hydrogen-bond donors (Lipinski definition) is 1. The predicted molar refractivity (Wildman–Crippen MR) is 91.6 cm³/mol. The standard InChI is InChI=1S/C14H10ClIN2O2S/c15-12-5-6-14(13(16)7-12)18-21(19,20)9-11-4-2-1-3-10(11)8-17/h1-7,18H,9H2. The summed E-state index contributed by atoms with van der Waals surface area (Å²) < 4.78 is 27.7. The second-order valence-electron chi connectivity index (χ2n) is 4.25. The summed E-state index contributed by atoms with van der Waals surface area (Å²) in [6, 6.07) is 13.5. The van der Waals surface area contributed by atoms with E-state index in [1.807, 2.05) is 28.7 Å². The Balaban J connectivity index is 2.25. The third kappa shape index (κ3) is 4.33. The van der Waals surface area contributed by atoms with Gasteiger partial charge < -0.3 is 0 Å². The van der Waals surface area contributed by atoms with Crippen LogP contribution in [0.25, 0.3) is 0 Å². The van der Waals surface area contributed by atoms with E-state index in [2.05, 4.69) is 4.72 Å². The molecule has 0 unspecified atom stereocenters. The summed E-state index contributed by atoms with van der Waals surface area (Å²) in [6.07, 6.45) is 0. The highest BCUT2D eigenvalue weighted by atomic mass is 127. The molecule has 0 aliphatic carbocycles. The highest BCUT2D eigenvalue weighted by molar-refractivity contribution is 14.1. The first-order valence-electron chi connectivity index (χ1n) is 5.85. The minimum absolute atomic E-state index is 0.255. The van der Waals surface area contributed by atoms with Crippen molar-refractivity contribution in [2.24, 2.45) is 0 Å². The van der Waals surface area contributed by atoms with Gasteiger partial charge in [-0.2, -0.15) is 5.26 Å². The van der Waals surface area contributed by atoms with E-state index in [1.165, 1.54) is 0 Å². The maximum absolute atomic E-state index is 12.2. The fourth-order valence-corrected chi connectivity index (χ4v) is 4.17. The molecule has 0 spiro atoms. The molecule has 2 aromatic rings. The lowest BCUT2D eigenvalue weighted by molar-refractivity contribution is 0.600. The molecule has 0 aliphatic heterocycles. The molecular formula is C14H10ClIN2O2S. The van der Waals surface area contributed by atoms with Gasteiger partial charge in [-0.05, 0) is 52.4 Å². The summed E-state index contributed by atoms with van der Waals surface area (Å²) in [7, 11) is -3.60. The van der Waals surface area contributed by atoms with Gasteiger partial charge in [-0.15, -0.1) is 0 Å². The number of rotatable bonds is 4. The predicted octanol–water partition coefficient (Wildman–Crippen LogP) is 3.76. The van der Waals surface area contributed by atoms with Crippen molar-refractivity contribution in [1.82, 2.24) is 0 Å². The van der Waals surface area contributed by atoms with Crippen molar-refractivity contribution in [1.29, 1.82) is 5.26 Å². The van der Waals surface area contributed by atoms with Gasteiger partial charge in [0.15, 0.2) is 0 Å². The lowest BCUT2D eigenvalue weighted by Gasteiger charge is -2.10. The van der Waals surface area contributed by atoms with E-state index >= 15 is 0 Å². The minimum atomic E-state index is -3.60. The maximum Gasteiger partial charge on any atom is 0.236 e. The molecule has 2 aromatic carbocycles. The smallest absolute Gasteiger partial charge is 0.236 e. The fraction of sp³-hybridized carbons (Fsp3) is 0.0714. The molecule has 0 amide bonds. The summed E-state index contributed by atoms with van der Waals surface area (Å²) in [5, 5.41) is 9.54. The molecule has 0 saturated carbocycles. The van der Waals surface area contributed by atoms with Crippen LogP contribution < -0.4 is 4.72 Å². The van der Waals surface area contributed by atoms with Crippen molar-refractivity contribution in [2.75, 3.05) is 4.72 Å². The zero-order valence-electron chi connectivity index (χ0n) is 10.7. The minimum Gasteiger partial charge on any atom is -0.282 e. The monoisotopic (exact) mass is 432 g/mol. The van der Waals surface area contributed by atoms with Crippen LogP contribution >= 0.6 is 34.2 Å².